The zero-order valence-corrected chi connectivity index (χ0v) is 22.9. The molecule has 1 N–H and O–H groups in total. The van der Waals surface area contributed by atoms with E-state index in [4.69, 9.17) is 9.47 Å². The van der Waals surface area contributed by atoms with E-state index in [1.54, 1.807) is 19.1 Å². The van der Waals surface area contributed by atoms with Gasteiger partial charge >= 0.3 is 0 Å². The fourth-order valence-corrected chi connectivity index (χ4v) is 4.45. The molecule has 0 bridgehead atoms. The Morgan fingerprint density at radius 1 is 1.03 bits per heavy atom. The molecular weight excluding hydrogens is 482 g/mol. The van der Waals surface area contributed by atoms with Crippen molar-refractivity contribution < 1.29 is 27.5 Å². The van der Waals surface area contributed by atoms with E-state index in [-0.39, 0.29) is 24.2 Å². The summed E-state index contributed by atoms with van der Waals surface area (Å²) in [7, 11) is -0.932. The Morgan fingerprint density at radius 3 is 2.22 bits per heavy atom. The number of amides is 2. The molecule has 0 spiro atoms. The molecule has 0 unspecified atom stereocenters. The van der Waals surface area contributed by atoms with Gasteiger partial charge in [0.05, 0.1) is 26.2 Å². The molecule has 0 aliphatic carbocycles. The number of ether oxygens (including phenoxy) is 2. The van der Waals surface area contributed by atoms with E-state index in [9.17, 15) is 18.0 Å². The minimum absolute atomic E-state index is 0.0605. The number of aryl methyl sites for hydroxylation is 1. The Morgan fingerprint density at radius 2 is 1.67 bits per heavy atom. The summed E-state index contributed by atoms with van der Waals surface area (Å²) in [6.07, 6.45) is 1.77. The molecule has 2 amide bonds. The molecule has 2 rings (SSSR count). The summed E-state index contributed by atoms with van der Waals surface area (Å²) in [5.74, 6) is -0.0553. The van der Waals surface area contributed by atoms with Crippen molar-refractivity contribution in [2.45, 2.75) is 52.7 Å². The van der Waals surface area contributed by atoms with Crippen LogP contribution in [0.15, 0.2) is 42.5 Å². The van der Waals surface area contributed by atoms with Crippen molar-refractivity contribution >= 4 is 27.5 Å². The summed E-state index contributed by atoms with van der Waals surface area (Å²) in [5, 5.41) is 2.91. The normalized spacial score (nSPS) is 12.9. The number of rotatable bonds is 12. The van der Waals surface area contributed by atoms with Crippen molar-refractivity contribution in [2.75, 3.05) is 31.3 Å². The molecule has 198 valence electrons. The summed E-state index contributed by atoms with van der Waals surface area (Å²) < 4.78 is 37.0. The Balaban J connectivity index is 2.45. The molecule has 9 nitrogen and oxygen atoms in total. The highest BCUT2D eigenvalue weighted by Crippen LogP contribution is 2.32. The number of nitrogens with one attached hydrogen (secondary N) is 1. The summed E-state index contributed by atoms with van der Waals surface area (Å²) in [4.78, 5) is 28.0. The molecule has 0 aliphatic rings. The topological polar surface area (TPSA) is 105 Å². The van der Waals surface area contributed by atoms with Gasteiger partial charge < -0.3 is 19.7 Å². The molecule has 10 heteroatoms. The van der Waals surface area contributed by atoms with Crippen LogP contribution >= 0.6 is 0 Å². The number of anilines is 1. The van der Waals surface area contributed by atoms with Gasteiger partial charge in [-0.1, -0.05) is 31.2 Å². The number of carbonyl (C=O) groups is 2. The molecule has 2 aromatic carbocycles. The molecule has 36 heavy (non-hydrogen) atoms. The lowest BCUT2D eigenvalue weighted by Gasteiger charge is -2.32. The van der Waals surface area contributed by atoms with Gasteiger partial charge in [-0.3, -0.25) is 13.9 Å². The molecule has 0 saturated heterocycles. The predicted octanol–water partition coefficient (Wildman–Crippen LogP) is 3.11. The average molecular weight is 520 g/mol. The number of nitrogens with zero attached hydrogens (tertiary/aromatic N) is 2. The molecule has 0 heterocycles. The predicted molar refractivity (Wildman–Crippen MR) is 141 cm³/mol. The van der Waals surface area contributed by atoms with E-state index in [2.05, 4.69) is 5.32 Å². The van der Waals surface area contributed by atoms with Gasteiger partial charge in [0, 0.05) is 18.7 Å². The third kappa shape index (κ3) is 7.36. The van der Waals surface area contributed by atoms with Gasteiger partial charge in [-0.2, -0.15) is 0 Å². The van der Waals surface area contributed by atoms with Crippen molar-refractivity contribution in [3.63, 3.8) is 0 Å². The average Bonchev–Trinajstić information content (AvgIpc) is 2.84. The molecule has 0 aromatic heterocycles. The van der Waals surface area contributed by atoms with Crippen molar-refractivity contribution in [3.8, 4) is 11.5 Å². The van der Waals surface area contributed by atoms with Crippen LogP contribution in [0.25, 0.3) is 0 Å². The quantitative estimate of drug-likeness (QED) is 0.462. The van der Waals surface area contributed by atoms with Crippen LogP contribution in [0.3, 0.4) is 0 Å². The minimum Gasteiger partial charge on any atom is -0.493 e. The van der Waals surface area contributed by atoms with Crippen molar-refractivity contribution in [1.29, 1.82) is 0 Å². The SMILES string of the molecule is CC[C@@H](C)NC(=O)[C@H](C)N(Cc1ccccc1C)C(=O)CN(c1ccc(OC)c(OC)c1)S(C)(=O)=O. The van der Waals surface area contributed by atoms with Gasteiger partial charge in [0.25, 0.3) is 0 Å². The van der Waals surface area contributed by atoms with Gasteiger partial charge in [0.15, 0.2) is 11.5 Å². The van der Waals surface area contributed by atoms with Crippen LogP contribution in [0, 0.1) is 6.92 Å². The number of hydrogen-bond acceptors (Lipinski definition) is 6. The summed E-state index contributed by atoms with van der Waals surface area (Å²) >= 11 is 0. The first-order valence-corrected chi connectivity index (χ1v) is 13.6. The maximum atomic E-state index is 13.7. The van der Waals surface area contributed by atoms with Crippen molar-refractivity contribution in [2.24, 2.45) is 0 Å². The highest BCUT2D eigenvalue weighted by molar-refractivity contribution is 7.92. The lowest BCUT2D eigenvalue weighted by atomic mass is 10.1. The lowest BCUT2D eigenvalue weighted by molar-refractivity contribution is -0.139. The van der Waals surface area contributed by atoms with E-state index in [0.717, 1.165) is 28.1 Å². The highest BCUT2D eigenvalue weighted by Gasteiger charge is 2.31. The van der Waals surface area contributed by atoms with Crippen molar-refractivity contribution in [1.82, 2.24) is 10.2 Å². The van der Waals surface area contributed by atoms with E-state index < -0.39 is 28.5 Å². The first-order valence-electron chi connectivity index (χ1n) is 11.8. The van der Waals surface area contributed by atoms with Crippen LogP contribution in [-0.4, -0.2) is 64.2 Å². The first kappa shape index (κ1) is 29.0. The summed E-state index contributed by atoms with van der Waals surface area (Å²) in [6, 6.07) is 11.3. The van der Waals surface area contributed by atoms with Gasteiger partial charge in [-0.15, -0.1) is 0 Å². The maximum Gasteiger partial charge on any atom is 0.244 e. The number of sulfonamides is 1. The molecule has 0 aliphatic heterocycles. The van der Waals surface area contributed by atoms with E-state index in [1.807, 2.05) is 45.0 Å². The lowest BCUT2D eigenvalue weighted by Crippen LogP contribution is -2.52. The van der Waals surface area contributed by atoms with Gasteiger partial charge in [-0.05, 0) is 50.5 Å². The fraction of sp³-hybridized carbons (Fsp3) is 0.462. The van der Waals surface area contributed by atoms with Crippen LogP contribution in [-0.2, 0) is 26.2 Å². The standard InChI is InChI=1S/C26H37N3O6S/c1-8-19(3)27-26(31)20(4)28(16-21-12-10-9-11-18(21)2)25(30)17-29(36(7,32)33)22-13-14-23(34-5)24(15-22)35-6/h9-15,19-20H,8,16-17H2,1-7H3,(H,27,31)/t19-,20+/m1/s1. The smallest absolute Gasteiger partial charge is 0.244 e. The second-order valence-corrected chi connectivity index (χ2v) is 10.7. The molecule has 0 radical (unpaired) electrons. The van der Waals surface area contributed by atoms with Crippen LogP contribution in [0.1, 0.15) is 38.3 Å². The Hall–Kier alpha value is -3.27. The number of hydrogen-bond donors (Lipinski definition) is 1. The van der Waals surface area contributed by atoms with Crippen LogP contribution in [0.5, 0.6) is 11.5 Å². The second kappa shape index (κ2) is 12.6. The van der Waals surface area contributed by atoms with Crippen LogP contribution < -0.4 is 19.1 Å². The van der Waals surface area contributed by atoms with E-state index in [1.165, 1.54) is 25.2 Å². The zero-order valence-electron chi connectivity index (χ0n) is 22.1. The second-order valence-electron chi connectivity index (χ2n) is 8.75. The molecular formula is C26H37N3O6S. The molecule has 0 saturated carbocycles. The van der Waals surface area contributed by atoms with Gasteiger partial charge in [-0.25, -0.2) is 8.42 Å². The monoisotopic (exact) mass is 519 g/mol. The van der Waals surface area contributed by atoms with Gasteiger partial charge in [0.2, 0.25) is 21.8 Å². The van der Waals surface area contributed by atoms with Crippen molar-refractivity contribution in [3.05, 3.63) is 53.6 Å². The van der Waals surface area contributed by atoms with Gasteiger partial charge in [0.1, 0.15) is 12.6 Å². The number of benzene rings is 2. The fourth-order valence-electron chi connectivity index (χ4n) is 3.61. The molecule has 0 fully saturated rings. The Kier molecular flexibility index (Phi) is 10.2. The first-order chi connectivity index (χ1) is 16.9. The Bertz CT molecular complexity index is 1170. The zero-order chi connectivity index (χ0) is 27.0. The minimum atomic E-state index is -3.85. The summed E-state index contributed by atoms with van der Waals surface area (Å²) in [5.41, 5.74) is 2.08. The third-order valence-corrected chi connectivity index (χ3v) is 7.25. The number of methoxy groups -OCH3 is 2. The highest BCUT2D eigenvalue weighted by atomic mass is 32.2. The third-order valence-electron chi connectivity index (χ3n) is 6.10. The number of carbonyl (C=O) groups excluding carboxylic acids is 2. The molecule has 2 atom stereocenters. The van der Waals surface area contributed by atoms with E-state index in [0.29, 0.717) is 11.5 Å². The van der Waals surface area contributed by atoms with E-state index >= 15 is 0 Å². The largest absolute Gasteiger partial charge is 0.493 e. The summed E-state index contributed by atoms with van der Waals surface area (Å²) in [6.45, 7) is 7.09. The van der Waals surface area contributed by atoms with Crippen LogP contribution in [0.4, 0.5) is 5.69 Å². The molecule has 2 aromatic rings. The van der Waals surface area contributed by atoms with Crippen LogP contribution in [0.2, 0.25) is 0 Å². The Labute approximate surface area is 214 Å². The maximum absolute atomic E-state index is 13.7.